The Morgan fingerprint density at radius 1 is 1.53 bits per heavy atom. The first-order chi connectivity index (χ1) is 7.99. The molecular weight excluding hydrogens is 239 g/mol. The van der Waals surface area contributed by atoms with Crippen LogP contribution in [0, 0.1) is 11.7 Å². The fourth-order valence-corrected chi connectivity index (χ4v) is 1.84. The number of amides is 1. The van der Waals surface area contributed by atoms with Gasteiger partial charge in [0.1, 0.15) is 5.82 Å². The van der Waals surface area contributed by atoms with Gasteiger partial charge in [-0.25, -0.2) is 4.39 Å². The molecule has 1 aromatic carbocycles. The highest BCUT2D eigenvalue weighted by molar-refractivity contribution is 7.80. The number of anilines is 1. The first-order valence-corrected chi connectivity index (χ1v) is 5.71. The van der Waals surface area contributed by atoms with E-state index in [0.29, 0.717) is 6.42 Å². The fourth-order valence-electron chi connectivity index (χ4n) is 1.57. The summed E-state index contributed by atoms with van der Waals surface area (Å²) < 4.78 is 13.5. The third kappa shape index (κ3) is 3.00. The van der Waals surface area contributed by atoms with Gasteiger partial charge in [-0.05, 0) is 18.6 Å². The fraction of sp³-hybridized carbons (Fsp3) is 0.333. The van der Waals surface area contributed by atoms with E-state index in [9.17, 15) is 9.18 Å². The van der Waals surface area contributed by atoms with Crippen molar-refractivity contribution in [1.29, 1.82) is 0 Å². The van der Waals surface area contributed by atoms with E-state index >= 15 is 0 Å². The van der Waals surface area contributed by atoms with Gasteiger partial charge in [-0.2, -0.15) is 0 Å². The second-order valence-corrected chi connectivity index (χ2v) is 4.18. The van der Waals surface area contributed by atoms with Crippen molar-refractivity contribution in [3.63, 3.8) is 0 Å². The van der Waals surface area contributed by atoms with Crippen LogP contribution in [-0.2, 0) is 4.79 Å². The Bertz CT molecular complexity index is 436. The molecule has 0 aliphatic carbocycles. The van der Waals surface area contributed by atoms with Crippen LogP contribution in [0.3, 0.4) is 0 Å². The minimum Gasteiger partial charge on any atom is -0.393 e. The summed E-state index contributed by atoms with van der Waals surface area (Å²) in [6.45, 7) is 1.82. The molecule has 0 fully saturated rings. The molecular formula is C12H15FN2OS. The van der Waals surface area contributed by atoms with E-state index in [2.05, 4.69) is 0 Å². The van der Waals surface area contributed by atoms with Crippen LogP contribution in [0.2, 0.25) is 0 Å². The van der Waals surface area contributed by atoms with E-state index in [0.717, 1.165) is 0 Å². The molecule has 1 rings (SSSR count). The summed E-state index contributed by atoms with van der Waals surface area (Å²) in [6, 6.07) is 6.09. The van der Waals surface area contributed by atoms with Crippen LogP contribution in [0.1, 0.15) is 13.3 Å². The number of rotatable bonds is 4. The second-order valence-electron chi connectivity index (χ2n) is 3.71. The van der Waals surface area contributed by atoms with E-state index in [1.807, 2.05) is 6.92 Å². The van der Waals surface area contributed by atoms with E-state index in [1.165, 1.54) is 18.0 Å². The summed E-state index contributed by atoms with van der Waals surface area (Å²) in [5, 5.41) is 0. The van der Waals surface area contributed by atoms with Gasteiger partial charge >= 0.3 is 0 Å². The van der Waals surface area contributed by atoms with Gasteiger partial charge < -0.3 is 10.6 Å². The minimum atomic E-state index is -0.547. The van der Waals surface area contributed by atoms with Gasteiger partial charge in [0.05, 0.1) is 16.6 Å². The Balaban J connectivity index is 2.97. The number of carbonyl (C=O) groups excluding carboxylic acids is 1. The minimum absolute atomic E-state index is 0.140. The maximum absolute atomic E-state index is 13.5. The molecule has 1 amide bonds. The average molecular weight is 254 g/mol. The van der Waals surface area contributed by atoms with Gasteiger partial charge in [-0.1, -0.05) is 31.3 Å². The number of para-hydroxylation sites is 1. The van der Waals surface area contributed by atoms with Crippen molar-refractivity contribution < 1.29 is 9.18 Å². The molecule has 3 nitrogen and oxygen atoms in total. The Kier molecular flexibility index (Phi) is 4.57. The second kappa shape index (κ2) is 5.72. The number of nitrogens with two attached hydrogens (primary N) is 1. The lowest BCUT2D eigenvalue weighted by Gasteiger charge is -2.22. The van der Waals surface area contributed by atoms with E-state index in [-0.39, 0.29) is 16.6 Å². The van der Waals surface area contributed by atoms with Crippen molar-refractivity contribution in [2.75, 3.05) is 11.9 Å². The Morgan fingerprint density at radius 3 is 2.59 bits per heavy atom. The number of hydrogen-bond donors (Lipinski definition) is 1. The van der Waals surface area contributed by atoms with E-state index < -0.39 is 11.7 Å². The van der Waals surface area contributed by atoms with Crippen LogP contribution in [0.5, 0.6) is 0 Å². The van der Waals surface area contributed by atoms with E-state index in [1.54, 1.807) is 18.2 Å². The lowest BCUT2D eigenvalue weighted by atomic mass is 10.1. The Morgan fingerprint density at radius 2 is 2.12 bits per heavy atom. The zero-order chi connectivity index (χ0) is 13.0. The molecule has 92 valence electrons. The number of benzene rings is 1. The summed E-state index contributed by atoms with van der Waals surface area (Å²) in [5.74, 6) is -1.28. The highest BCUT2D eigenvalue weighted by Gasteiger charge is 2.24. The van der Waals surface area contributed by atoms with Gasteiger partial charge in [0.15, 0.2) is 0 Å². The number of halogens is 1. The zero-order valence-electron chi connectivity index (χ0n) is 9.81. The number of thiocarbonyl (C=S) groups is 1. The molecule has 0 bridgehead atoms. The molecule has 0 radical (unpaired) electrons. The number of nitrogens with zero attached hydrogens (tertiary/aromatic N) is 1. The third-order valence-corrected chi connectivity index (χ3v) is 2.88. The van der Waals surface area contributed by atoms with Crippen LogP contribution in [-0.4, -0.2) is 17.9 Å². The molecule has 0 spiro atoms. The Labute approximate surface area is 105 Å². The van der Waals surface area contributed by atoms with Gasteiger partial charge in [0.25, 0.3) is 0 Å². The smallest absolute Gasteiger partial charge is 0.236 e. The summed E-state index contributed by atoms with van der Waals surface area (Å²) in [6.07, 6.45) is 0.507. The summed E-state index contributed by atoms with van der Waals surface area (Å²) in [5.41, 5.74) is 5.72. The SMILES string of the molecule is CCC(C(=O)N(C)c1ccccc1F)C(N)=S. The summed E-state index contributed by atoms with van der Waals surface area (Å²) >= 11 is 4.83. The van der Waals surface area contributed by atoms with E-state index in [4.69, 9.17) is 18.0 Å². The van der Waals surface area contributed by atoms with Crippen molar-refractivity contribution in [3.8, 4) is 0 Å². The summed E-state index contributed by atoms with van der Waals surface area (Å²) in [7, 11) is 1.52. The standard InChI is InChI=1S/C12H15FN2OS/c1-3-8(11(14)17)12(16)15(2)10-7-5-4-6-9(10)13/h4-8H,3H2,1-2H3,(H2,14,17). The van der Waals surface area contributed by atoms with Crippen LogP contribution in [0.4, 0.5) is 10.1 Å². The normalized spacial score (nSPS) is 11.9. The van der Waals surface area contributed by atoms with Crippen molar-refractivity contribution in [1.82, 2.24) is 0 Å². The quantitative estimate of drug-likeness (QED) is 0.837. The van der Waals surface area contributed by atoms with Crippen LogP contribution < -0.4 is 10.6 Å². The first kappa shape index (κ1) is 13.6. The van der Waals surface area contributed by atoms with Gasteiger partial charge in [0.2, 0.25) is 5.91 Å². The van der Waals surface area contributed by atoms with Gasteiger partial charge in [-0.15, -0.1) is 0 Å². The van der Waals surface area contributed by atoms with Crippen molar-refractivity contribution in [2.45, 2.75) is 13.3 Å². The topological polar surface area (TPSA) is 46.3 Å². The van der Waals surface area contributed by atoms with Crippen LogP contribution in [0.15, 0.2) is 24.3 Å². The monoisotopic (exact) mass is 254 g/mol. The van der Waals surface area contributed by atoms with Crippen LogP contribution >= 0.6 is 12.2 Å². The molecule has 5 heteroatoms. The molecule has 0 saturated heterocycles. The predicted molar refractivity (Wildman–Crippen MR) is 70.4 cm³/mol. The Hall–Kier alpha value is -1.49. The largest absolute Gasteiger partial charge is 0.393 e. The number of carbonyl (C=O) groups is 1. The maximum atomic E-state index is 13.5. The molecule has 2 N–H and O–H groups in total. The van der Waals surface area contributed by atoms with Gasteiger partial charge in [-0.3, -0.25) is 4.79 Å². The van der Waals surface area contributed by atoms with Crippen molar-refractivity contribution >= 4 is 28.8 Å². The molecule has 0 saturated carbocycles. The molecule has 0 aliphatic rings. The van der Waals surface area contributed by atoms with Gasteiger partial charge in [0, 0.05) is 7.05 Å². The molecule has 1 atom stereocenters. The highest BCUT2D eigenvalue weighted by Crippen LogP contribution is 2.20. The molecule has 0 heterocycles. The number of hydrogen-bond acceptors (Lipinski definition) is 2. The third-order valence-electron chi connectivity index (χ3n) is 2.59. The lowest BCUT2D eigenvalue weighted by Crippen LogP contribution is -2.39. The molecule has 17 heavy (non-hydrogen) atoms. The molecule has 0 aromatic heterocycles. The molecule has 1 unspecified atom stereocenters. The molecule has 0 aliphatic heterocycles. The maximum Gasteiger partial charge on any atom is 0.236 e. The predicted octanol–water partition coefficient (Wildman–Crippen LogP) is 2.10. The van der Waals surface area contributed by atoms with Crippen molar-refractivity contribution in [3.05, 3.63) is 30.1 Å². The first-order valence-electron chi connectivity index (χ1n) is 5.30. The summed E-state index contributed by atoms with van der Waals surface area (Å²) in [4.78, 5) is 13.5. The lowest BCUT2D eigenvalue weighted by molar-refractivity contribution is -0.120. The average Bonchev–Trinajstić information content (AvgIpc) is 2.29. The van der Waals surface area contributed by atoms with Crippen LogP contribution in [0.25, 0.3) is 0 Å². The zero-order valence-corrected chi connectivity index (χ0v) is 10.6. The molecule has 1 aromatic rings. The highest BCUT2D eigenvalue weighted by atomic mass is 32.1. The van der Waals surface area contributed by atoms with Crippen molar-refractivity contribution in [2.24, 2.45) is 11.7 Å².